The zero-order valence-corrected chi connectivity index (χ0v) is 7.64. The molecule has 0 heterocycles. The first-order valence-corrected chi connectivity index (χ1v) is 4.72. The zero-order chi connectivity index (χ0) is 8.81. The molecule has 0 bridgehead atoms. The van der Waals surface area contributed by atoms with Crippen LogP contribution < -0.4 is 5.32 Å². The first-order chi connectivity index (χ1) is 5.83. The Morgan fingerprint density at radius 3 is 2.75 bits per heavy atom. The van der Waals surface area contributed by atoms with Gasteiger partial charge in [0.2, 0.25) is 0 Å². The van der Waals surface area contributed by atoms with Gasteiger partial charge in [0.05, 0.1) is 13.2 Å². The van der Waals surface area contributed by atoms with E-state index in [0.717, 1.165) is 0 Å². The molecule has 0 aromatic heterocycles. The lowest BCUT2D eigenvalue weighted by atomic mass is 10.2. The van der Waals surface area contributed by atoms with E-state index in [9.17, 15) is 4.79 Å². The van der Waals surface area contributed by atoms with Crippen molar-refractivity contribution < 1.29 is 9.53 Å². The van der Waals surface area contributed by atoms with E-state index in [4.69, 9.17) is 4.74 Å². The van der Waals surface area contributed by atoms with Crippen LogP contribution in [0, 0.1) is 0 Å². The molecule has 0 aliphatic heterocycles. The van der Waals surface area contributed by atoms with Gasteiger partial charge in [-0.15, -0.1) is 0 Å². The third kappa shape index (κ3) is 3.22. The topological polar surface area (TPSA) is 38.3 Å². The Labute approximate surface area is 73.5 Å². The van der Waals surface area contributed by atoms with Crippen molar-refractivity contribution in [1.82, 2.24) is 5.32 Å². The van der Waals surface area contributed by atoms with Gasteiger partial charge in [0.1, 0.15) is 0 Å². The van der Waals surface area contributed by atoms with Crippen molar-refractivity contribution in [1.29, 1.82) is 0 Å². The maximum atomic E-state index is 10.9. The number of hydrogen-bond acceptors (Lipinski definition) is 3. The second-order valence-electron chi connectivity index (χ2n) is 3.17. The molecule has 0 unspecified atom stereocenters. The van der Waals surface area contributed by atoms with E-state index in [1.54, 1.807) is 0 Å². The second kappa shape index (κ2) is 5.14. The molecule has 1 aliphatic rings. The van der Waals surface area contributed by atoms with Gasteiger partial charge in [0, 0.05) is 6.04 Å². The Balaban J connectivity index is 2.03. The van der Waals surface area contributed by atoms with Crippen LogP contribution in [0.5, 0.6) is 0 Å². The molecule has 1 saturated carbocycles. The van der Waals surface area contributed by atoms with Crippen molar-refractivity contribution in [3.8, 4) is 0 Å². The van der Waals surface area contributed by atoms with Crippen LogP contribution in [0.1, 0.15) is 32.6 Å². The number of rotatable bonds is 4. The van der Waals surface area contributed by atoms with E-state index in [2.05, 4.69) is 5.32 Å². The summed E-state index contributed by atoms with van der Waals surface area (Å²) in [4.78, 5) is 10.9. The summed E-state index contributed by atoms with van der Waals surface area (Å²) in [5.41, 5.74) is 0. The largest absolute Gasteiger partial charge is 0.465 e. The molecule has 1 N–H and O–H groups in total. The quantitative estimate of drug-likeness (QED) is 0.643. The van der Waals surface area contributed by atoms with E-state index in [0.29, 0.717) is 19.2 Å². The highest BCUT2D eigenvalue weighted by Gasteiger charge is 2.15. The Hall–Kier alpha value is -0.570. The van der Waals surface area contributed by atoms with Gasteiger partial charge in [-0.05, 0) is 19.8 Å². The van der Waals surface area contributed by atoms with Crippen molar-refractivity contribution in [2.45, 2.75) is 38.6 Å². The molecule has 1 rings (SSSR count). The molecule has 0 amide bonds. The number of nitrogens with one attached hydrogen (secondary N) is 1. The van der Waals surface area contributed by atoms with E-state index < -0.39 is 0 Å². The Morgan fingerprint density at radius 2 is 2.17 bits per heavy atom. The van der Waals surface area contributed by atoms with Crippen molar-refractivity contribution in [2.75, 3.05) is 13.2 Å². The van der Waals surface area contributed by atoms with Crippen LogP contribution >= 0.6 is 0 Å². The first-order valence-electron chi connectivity index (χ1n) is 4.72. The molecule has 0 aromatic carbocycles. The second-order valence-corrected chi connectivity index (χ2v) is 3.17. The number of carbonyl (C=O) groups excluding carboxylic acids is 1. The van der Waals surface area contributed by atoms with Gasteiger partial charge in [0.15, 0.2) is 0 Å². The molecule has 0 atom stereocenters. The predicted octanol–water partition coefficient (Wildman–Crippen LogP) is 1.08. The molecular weight excluding hydrogens is 154 g/mol. The normalized spacial score (nSPS) is 18.1. The minimum absolute atomic E-state index is 0.135. The van der Waals surface area contributed by atoms with E-state index in [-0.39, 0.29) is 5.97 Å². The summed E-state index contributed by atoms with van der Waals surface area (Å²) in [5.74, 6) is -0.135. The molecule has 3 heteroatoms. The molecule has 0 spiro atoms. The Morgan fingerprint density at radius 1 is 1.50 bits per heavy atom. The van der Waals surface area contributed by atoms with Gasteiger partial charge in [0.25, 0.3) is 0 Å². The summed E-state index contributed by atoms with van der Waals surface area (Å²) < 4.78 is 4.80. The molecule has 1 aliphatic carbocycles. The fraction of sp³-hybridized carbons (Fsp3) is 0.889. The average molecular weight is 171 g/mol. The average Bonchev–Trinajstić information content (AvgIpc) is 2.53. The fourth-order valence-electron chi connectivity index (χ4n) is 1.57. The zero-order valence-electron chi connectivity index (χ0n) is 7.64. The van der Waals surface area contributed by atoms with E-state index >= 15 is 0 Å². The molecule has 0 saturated heterocycles. The van der Waals surface area contributed by atoms with Crippen LogP contribution in [0.25, 0.3) is 0 Å². The van der Waals surface area contributed by atoms with Crippen molar-refractivity contribution in [2.24, 2.45) is 0 Å². The van der Waals surface area contributed by atoms with E-state index in [1.807, 2.05) is 6.92 Å². The van der Waals surface area contributed by atoms with Crippen molar-refractivity contribution in [3.05, 3.63) is 0 Å². The number of esters is 1. The SMILES string of the molecule is CCOC(=O)CNC1CCCC1. The Bertz CT molecular complexity index is 141. The molecule has 3 nitrogen and oxygen atoms in total. The highest BCUT2D eigenvalue weighted by atomic mass is 16.5. The number of hydrogen-bond donors (Lipinski definition) is 1. The summed E-state index contributed by atoms with van der Waals surface area (Å²) in [5, 5.41) is 3.19. The predicted molar refractivity (Wildman–Crippen MR) is 46.9 cm³/mol. The minimum Gasteiger partial charge on any atom is -0.465 e. The van der Waals surface area contributed by atoms with E-state index in [1.165, 1.54) is 25.7 Å². The van der Waals surface area contributed by atoms with Gasteiger partial charge >= 0.3 is 5.97 Å². The molecule has 70 valence electrons. The van der Waals surface area contributed by atoms with Crippen molar-refractivity contribution in [3.63, 3.8) is 0 Å². The summed E-state index contributed by atoms with van der Waals surface area (Å²) in [6.07, 6.45) is 5.00. The lowest BCUT2D eigenvalue weighted by Crippen LogP contribution is -2.32. The van der Waals surface area contributed by atoms with Gasteiger partial charge < -0.3 is 10.1 Å². The van der Waals surface area contributed by atoms with Crippen LogP contribution in [0.15, 0.2) is 0 Å². The maximum absolute atomic E-state index is 10.9. The van der Waals surface area contributed by atoms with Gasteiger partial charge in [-0.25, -0.2) is 0 Å². The standard InChI is InChI=1S/C9H17NO2/c1-2-12-9(11)7-10-8-5-3-4-6-8/h8,10H,2-7H2,1H3. The summed E-state index contributed by atoms with van der Waals surface area (Å²) >= 11 is 0. The molecule has 12 heavy (non-hydrogen) atoms. The van der Waals surface area contributed by atoms with Gasteiger partial charge in [-0.2, -0.15) is 0 Å². The minimum atomic E-state index is -0.135. The highest BCUT2D eigenvalue weighted by molar-refractivity contribution is 5.71. The van der Waals surface area contributed by atoms with Crippen molar-refractivity contribution >= 4 is 5.97 Å². The van der Waals surface area contributed by atoms with Crippen LogP contribution in [0.2, 0.25) is 0 Å². The lowest BCUT2D eigenvalue weighted by molar-refractivity contribution is -0.142. The third-order valence-corrected chi connectivity index (χ3v) is 2.20. The van der Waals surface area contributed by atoms with Gasteiger partial charge in [-0.1, -0.05) is 12.8 Å². The molecule has 1 fully saturated rings. The molecular formula is C9H17NO2. The van der Waals surface area contributed by atoms with Crippen LogP contribution in [0.3, 0.4) is 0 Å². The maximum Gasteiger partial charge on any atom is 0.319 e. The monoisotopic (exact) mass is 171 g/mol. The third-order valence-electron chi connectivity index (χ3n) is 2.20. The fourth-order valence-corrected chi connectivity index (χ4v) is 1.57. The summed E-state index contributed by atoms with van der Waals surface area (Å²) in [6, 6.07) is 0.550. The summed E-state index contributed by atoms with van der Waals surface area (Å²) in [6.45, 7) is 2.68. The number of ether oxygens (including phenoxy) is 1. The highest BCUT2D eigenvalue weighted by Crippen LogP contribution is 2.17. The lowest BCUT2D eigenvalue weighted by Gasteiger charge is -2.10. The number of carbonyl (C=O) groups is 1. The molecule has 0 aromatic rings. The molecule has 0 radical (unpaired) electrons. The van der Waals surface area contributed by atoms with Crippen LogP contribution in [-0.4, -0.2) is 25.2 Å². The van der Waals surface area contributed by atoms with Crippen LogP contribution in [0.4, 0.5) is 0 Å². The summed E-state index contributed by atoms with van der Waals surface area (Å²) in [7, 11) is 0. The Kier molecular flexibility index (Phi) is 4.08. The van der Waals surface area contributed by atoms with Gasteiger partial charge in [-0.3, -0.25) is 4.79 Å². The van der Waals surface area contributed by atoms with Crippen LogP contribution in [-0.2, 0) is 9.53 Å². The first kappa shape index (κ1) is 9.52. The smallest absolute Gasteiger partial charge is 0.319 e.